The average molecular weight is 447 g/mol. The number of nitrogens with zero attached hydrogens (tertiary/aromatic N) is 1. The van der Waals surface area contributed by atoms with Crippen molar-refractivity contribution >= 4 is 52.0 Å². The third kappa shape index (κ3) is 5.60. The van der Waals surface area contributed by atoms with Crippen LogP contribution in [0.2, 0.25) is 5.02 Å². The second-order valence-electron chi connectivity index (χ2n) is 6.32. The van der Waals surface area contributed by atoms with Gasteiger partial charge in [-0.15, -0.1) is 22.9 Å². The lowest BCUT2D eigenvalue weighted by molar-refractivity contribution is -0.125. The molecular weight excluding hydrogens is 427 g/mol. The molecule has 0 unspecified atom stereocenters. The van der Waals surface area contributed by atoms with Gasteiger partial charge in [0.15, 0.2) is 0 Å². The first kappa shape index (κ1) is 21.4. The standard InChI is InChI=1S/C22H20Cl2N2O2S/c23-15-20(27)26(18-9-4-8-17(24)14-18)21(19-10-5-13-29-19)22(28)25-12-11-16-6-2-1-3-7-16/h1-10,13-14,21H,11-12,15H2,(H,25,28)/t21-/m0/s1. The number of carbonyl (C=O) groups is 2. The van der Waals surface area contributed by atoms with Gasteiger partial charge in [-0.05, 0) is 41.6 Å². The van der Waals surface area contributed by atoms with Crippen molar-refractivity contribution in [2.24, 2.45) is 0 Å². The van der Waals surface area contributed by atoms with E-state index in [2.05, 4.69) is 5.32 Å². The minimum Gasteiger partial charge on any atom is -0.354 e. The molecule has 1 N–H and O–H groups in total. The van der Waals surface area contributed by atoms with E-state index in [9.17, 15) is 9.59 Å². The topological polar surface area (TPSA) is 49.4 Å². The van der Waals surface area contributed by atoms with E-state index < -0.39 is 6.04 Å². The first-order chi connectivity index (χ1) is 14.1. The van der Waals surface area contributed by atoms with Gasteiger partial charge in [0.1, 0.15) is 11.9 Å². The molecule has 0 aliphatic carbocycles. The van der Waals surface area contributed by atoms with Crippen LogP contribution in [0, 0.1) is 0 Å². The van der Waals surface area contributed by atoms with Gasteiger partial charge in [-0.25, -0.2) is 0 Å². The van der Waals surface area contributed by atoms with Crippen molar-refractivity contribution in [3.8, 4) is 0 Å². The highest BCUT2D eigenvalue weighted by atomic mass is 35.5. The molecular formula is C22H20Cl2N2O2S. The zero-order valence-corrected chi connectivity index (χ0v) is 17.9. The Morgan fingerprint density at radius 3 is 2.48 bits per heavy atom. The van der Waals surface area contributed by atoms with Crippen molar-refractivity contribution in [3.63, 3.8) is 0 Å². The van der Waals surface area contributed by atoms with E-state index in [0.717, 1.165) is 10.4 Å². The van der Waals surface area contributed by atoms with E-state index in [-0.39, 0.29) is 17.7 Å². The van der Waals surface area contributed by atoms with Gasteiger partial charge in [0, 0.05) is 22.1 Å². The largest absolute Gasteiger partial charge is 0.354 e. The summed E-state index contributed by atoms with van der Waals surface area (Å²) in [7, 11) is 0. The number of carbonyl (C=O) groups excluding carboxylic acids is 2. The Morgan fingerprint density at radius 2 is 1.83 bits per heavy atom. The van der Waals surface area contributed by atoms with Gasteiger partial charge >= 0.3 is 0 Å². The van der Waals surface area contributed by atoms with Crippen molar-refractivity contribution in [1.82, 2.24) is 5.32 Å². The van der Waals surface area contributed by atoms with Crippen LogP contribution in [0.3, 0.4) is 0 Å². The van der Waals surface area contributed by atoms with Crippen LogP contribution in [0.15, 0.2) is 72.1 Å². The number of anilines is 1. The van der Waals surface area contributed by atoms with Crippen molar-refractivity contribution in [3.05, 3.63) is 87.6 Å². The summed E-state index contributed by atoms with van der Waals surface area (Å²) in [5.74, 6) is -0.876. The molecule has 4 nitrogen and oxygen atoms in total. The molecule has 1 aromatic heterocycles. The Hall–Kier alpha value is -2.34. The molecule has 2 amide bonds. The van der Waals surface area contributed by atoms with Gasteiger partial charge in [-0.3, -0.25) is 14.5 Å². The van der Waals surface area contributed by atoms with E-state index in [0.29, 0.717) is 23.7 Å². The molecule has 0 aliphatic heterocycles. The molecule has 0 spiro atoms. The third-order valence-corrected chi connectivity index (χ3v) is 5.73. The molecule has 0 saturated heterocycles. The van der Waals surface area contributed by atoms with E-state index in [1.54, 1.807) is 24.3 Å². The summed E-state index contributed by atoms with van der Waals surface area (Å²) < 4.78 is 0. The highest BCUT2D eigenvalue weighted by molar-refractivity contribution is 7.10. The molecule has 1 heterocycles. The fourth-order valence-electron chi connectivity index (χ4n) is 3.02. The number of halogens is 2. The minimum atomic E-state index is -0.824. The van der Waals surface area contributed by atoms with Crippen molar-refractivity contribution in [2.75, 3.05) is 17.3 Å². The maximum Gasteiger partial charge on any atom is 0.248 e. The summed E-state index contributed by atoms with van der Waals surface area (Å²) in [6.07, 6.45) is 0.699. The SMILES string of the molecule is O=C(NCCc1ccccc1)[C@H](c1cccs1)N(C(=O)CCl)c1cccc(Cl)c1. The average Bonchev–Trinajstić information content (AvgIpc) is 3.26. The highest BCUT2D eigenvalue weighted by Crippen LogP contribution is 2.32. The van der Waals surface area contributed by atoms with Gasteiger partial charge in [0.25, 0.3) is 0 Å². The van der Waals surface area contributed by atoms with Crippen molar-refractivity contribution in [1.29, 1.82) is 0 Å². The molecule has 0 saturated carbocycles. The van der Waals surface area contributed by atoms with Crippen molar-refractivity contribution in [2.45, 2.75) is 12.5 Å². The normalized spacial score (nSPS) is 11.7. The molecule has 3 aromatic rings. The Balaban J connectivity index is 1.86. The van der Waals surface area contributed by atoms with Crippen LogP contribution in [-0.2, 0) is 16.0 Å². The molecule has 0 radical (unpaired) electrons. The Bertz CT molecular complexity index is 948. The smallest absolute Gasteiger partial charge is 0.248 e. The number of benzene rings is 2. The fourth-order valence-corrected chi connectivity index (χ4v) is 4.15. The number of nitrogens with one attached hydrogen (secondary N) is 1. The van der Waals surface area contributed by atoms with Crippen LogP contribution in [0.1, 0.15) is 16.5 Å². The number of thiophene rings is 1. The molecule has 150 valence electrons. The lowest BCUT2D eigenvalue weighted by Crippen LogP contribution is -2.44. The number of hydrogen-bond donors (Lipinski definition) is 1. The maximum absolute atomic E-state index is 13.2. The van der Waals surface area contributed by atoms with Crippen molar-refractivity contribution < 1.29 is 9.59 Å². The summed E-state index contributed by atoms with van der Waals surface area (Å²) in [4.78, 5) is 28.1. The highest BCUT2D eigenvalue weighted by Gasteiger charge is 2.33. The minimum absolute atomic E-state index is 0.244. The summed E-state index contributed by atoms with van der Waals surface area (Å²) in [6, 6.07) is 19.6. The molecule has 29 heavy (non-hydrogen) atoms. The second kappa shape index (κ2) is 10.4. The van der Waals surface area contributed by atoms with Crippen LogP contribution in [0.25, 0.3) is 0 Å². The van der Waals surface area contributed by atoms with Gasteiger partial charge < -0.3 is 5.32 Å². The molecule has 1 atom stereocenters. The number of rotatable bonds is 8. The van der Waals surface area contributed by atoms with Crippen LogP contribution in [0.5, 0.6) is 0 Å². The van der Waals surface area contributed by atoms with Crippen LogP contribution >= 0.6 is 34.5 Å². The summed E-state index contributed by atoms with van der Waals surface area (Å²) in [5, 5.41) is 5.31. The first-order valence-corrected chi connectivity index (χ1v) is 10.9. The number of alkyl halides is 1. The fraction of sp³-hybridized carbons (Fsp3) is 0.182. The third-order valence-electron chi connectivity index (χ3n) is 4.34. The van der Waals surface area contributed by atoms with Crippen LogP contribution in [0.4, 0.5) is 5.69 Å². The predicted octanol–water partition coefficient (Wildman–Crippen LogP) is 5.07. The Morgan fingerprint density at radius 1 is 1.03 bits per heavy atom. The summed E-state index contributed by atoms with van der Waals surface area (Å²) in [6.45, 7) is 0.461. The number of hydrogen-bond acceptors (Lipinski definition) is 3. The van der Waals surface area contributed by atoms with E-state index in [4.69, 9.17) is 23.2 Å². The van der Waals surface area contributed by atoms with Gasteiger partial charge in [0.2, 0.25) is 11.8 Å². The zero-order valence-electron chi connectivity index (χ0n) is 15.6. The molecule has 3 rings (SSSR count). The maximum atomic E-state index is 13.2. The van der Waals surface area contributed by atoms with Gasteiger partial charge in [-0.2, -0.15) is 0 Å². The van der Waals surface area contributed by atoms with E-state index >= 15 is 0 Å². The Labute approximate surface area is 184 Å². The quantitative estimate of drug-likeness (QED) is 0.490. The van der Waals surface area contributed by atoms with Gasteiger partial charge in [-0.1, -0.05) is 54.1 Å². The predicted molar refractivity (Wildman–Crippen MR) is 120 cm³/mol. The summed E-state index contributed by atoms with van der Waals surface area (Å²) >= 11 is 13.4. The van der Waals surface area contributed by atoms with Gasteiger partial charge in [0.05, 0.1) is 0 Å². The second-order valence-corrected chi connectivity index (χ2v) is 8.00. The molecule has 0 aliphatic rings. The molecule has 0 bridgehead atoms. The lowest BCUT2D eigenvalue weighted by atomic mass is 10.1. The molecule has 7 heteroatoms. The van der Waals surface area contributed by atoms with E-state index in [1.165, 1.54) is 16.2 Å². The zero-order chi connectivity index (χ0) is 20.6. The van der Waals surface area contributed by atoms with Crippen LogP contribution < -0.4 is 10.2 Å². The Kier molecular flexibility index (Phi) is 7.69. The molecule has 0 fully saturated rings. The van der Waals surface area contributed by atoms with Crippen LogP contribution in [-0.4, -0.2) is 24.2 Å². The van der Waals surface area contributed by atoms with E-state index in [1.807, 2.05) is 47.8 Å². The first-order valence-electron chi connectivity index (χ1n) is 9.09. The summed E-state index contributed by atoms with van der Waals surface area (Å²) in [5.41, 5.74) is 1.66. The monoisotopic (exact) mass is 446 g/mol. The number of amides is 2. The molecule has 2 aromatic carbocycles. The lowest BCUT2D eigenvalue weighted by Gasteiger charge is -2.30.